The minimum Gasteiger partial charge on any atom is -0.397 e. The number of nitrogens with zero attached hydrogens (tertiary/aromatic N) is 1. The van der Waals surface area contributed by atoms with Gasteiger partial charge in [0.2, 0.25) is 0 Å². The second-order valence-electron chi connectivity index (χ2n) is 7.20. The van der Waals surface area contributed by atoms with Crippen molar-refractivity contribution in [1.82, 2.24) is 15.2 Å². The van der Waals surface area contributed by atoms with Crippen molar-refractivity contribution in [1.29, 1.82) is 0 Å². The summed E-state index contributed by atoms with van der Waals surface area (Å²) < 4.78 is 27.6. The Labute approximate surface area is 176 Å². The number of hydrogen-bond acceptors (Lipinski definition) is 5. The number of amides is 1. The molecule has 3 aromatic rings. The molecule has 1 saturated heterocycles. The predicted octanol–water partition coefficient (Wildman–Crippen LogP) is 2.22. The van der Waals surface area contributed by atoms with E-state index in [1.165, 1.54) is 18.3 Å². The lowest BCUT2D eigenvalue weighted by Crippen LogP contribution is -2.46. The molecule has 1 aromatic heterocycles. The molecule has 0 spiro atoms. The summed E-state index contributed by atoms with van der Waals surface area (Å²) in [6.07, 6.45) is 1.39. The van der Waals surface area contributed by atoms with Crippen LogP contribution in [0.15, 0.2) is 53.5 Å². The predicted molar refractivity (Wildman–Crippen MR) is 115 cm³/mol. The van der Waals surface area contributed by atoms with E-state index in [1.54, 1.807) is 29.2 Å². The summed E-state index contributed by atoms with van der Waals surface area (Å²) in [7, 11) is 0. The van der Waals surface area contributed by atoms with Crippen LogP contribution in [0, 0.1) is 11.6 Å². The minimum absolute atomic E-state index is 0.00926. The smallest absolute Gasteiger partial charge is 0.257 e. The van der Waals surface area contributed by atoms with Gasteiger partial charge in [-0.2, -0.15) is 0 Å². The zero-order valence-electron chi connectivity index (χ0n) is 16.5. The highest BCUT2D eigenvalue weighted by molar-refractivity contribution is 5.94. The Bertz CT molecular complexity index is 1220. The van der Waals surface area contributed by atoms with Crippen molar-refractivity contribution in [3.8, 4) is 0 Å². The van der Waals surface area contributed by atoms with Gasteiger partial charge < -0.3 is 26.3 Å². The highest BCUT2D eigenvalue weighted by Gasteiger charge is 2.17. The lowest BCUT2D eigenvalue weighted by atomic mass is 10.1. The summed E-state index contributed by atoms with van der Waals surface area (Å²) in [5.74, 6) is -2.10. The van der Waals surface area contributed by atoms with Crippen LogP contribution in [0.1, 0.15) is 15.9 Å². The van der Waals surface area contributed by atoms with Crippen LogP contribution in [-0.4, -0.2) is 42.0 Å². The van der Waals surface area contributed by atoms with Gasteiger partial charge in [-0.25, -0.2) is 8.78 Å². The van der Waals surface area contributed by atoms with Crippen molar-refractivity contribution < 1.29 is 13.6 Å². The van der Waals surface area contributed by atoms with Gasteiger partial charge in [-0.05, 0) is 42.5 Å². The van der Waals surface area contributed by atoms with E-state index >= 15 is 0 Å². The van der Waals surface area contributed by atoms with E-state index in [-0.39, 0.29) is 28.1 Å². The highest BCUT2D eigenvalue weighted by Crippen LogP contribution is 2.20. The van der Waals surface area contributed by atoms with Gasteiger partial charge >= 0.3 is 0 Å². The average Bonchev–Trinajstić information content (AvgIpc) is 2.80. The summed E-state index contributed by atoms with van der Waals surface area (Å²) in [6.45, 7) is 2.89. The molecule has 7 nitrogen and oxygen atoms in total. The highest BCUT2D eigenvalue weighted by atomic mass is 19.2. The van der Waals surface area contributed by atoms with Gasteiger partial charge in [-0.15, -0.1) is 0 Å². The maximum absolute atomic E-state index is 14.1. The number of nitrogens with one attached hydrogen (secondary N) is 3. The van der Waals surface area contributed by atoms with E-state index in [0.29, 0.717) is 24.3 Å². The maximum Gasteiger partial charge on any atom is 0.257 e. The van der Waals surface area contributed by atoms with Crippen LogP contribution < -0.4 is 21.9 Å². The number of fused-ring (bicyclic) bond motifs is 1. The molecule has 0 radical (unpaired) electrons. The molecule has 1 fully saturated rings. The second kappa shape index (κ2) is 8.57. The van der Waals surface area contributed by atoms with Gasteiger partial charge in [0.15, 0.2) is 11.6 Å². The Morgan fingerprint density at radius 1 is 1.10 bits per heavy atom. The molecule has 0 saturated carbocycles. The van der Waals surface area contributed by atoms with Crippen molar-refractivity contribution in [3.05, 3.63) is 81.8 Å². The van der Waals surface area contributed by atoms with Crippen molar-refractivity contribution in [3.63, 3.8) is 0 Å². The fraction of sp³-hybridized carbons (Fsp3) is 0.182. The average molecular weight is 425 g/mol. The Morgan fingerprint density at radius 2 is 1.81 bits per heavy atom. The molecule has 4 rings (SSSR count). The standard InChI is InChI=1S/C22H21F2N5O2/c23-17-5-6-19-16(20(17)24)11-15(21(30)28-19)18(25)12-27-14-3-1-13(2-4-14)22(31)29-9-7-26-8-10-29/h1-6,11-12,26-27H,7-10,25H2,(H,28,30)/b18-12-. The Balaban J connectivity index is 1.52. The summed E-state index contributed by atoms with van der Waals surface area (Å²) in [5.41, 5.74) is 6.93. The monoisotopic (exact) mass is 425 g/mol. The van der Waals surface area contributed by atoms with Crippen LogP contribution in [0.4, 0.5) is 14.5 Å². The summed E-state index contributed by atoms with van der Waals surface area (Å²) in [4.78, 5) is 29.1. The lowest BCUT2D eigenvalue weighted by Gasteiger charge is -2.27. The van der Waals surface area contributed by atoms with E-state index in [2.05, 4.69) is 15.6 Å². The van der Waals surface area contributed by atoms with Crippen LogP contribution in [0.2, 0.25) is 0 Å². The Hall–Kier alpha value is -3.72. The number of pyridine rings is 1. The zero-order chi connectivity index (χ0) is 22.0. The van der Waals surface area contributed by atoms with Gasteiger partial charge in [0.25, 0.3) is 11.5 Å². The number of carbonyl (C=O) groups is 1. The molecule has 0 aliphatic carbocycles. The molecule has 0 bridgehead atoms. The molecule has 2 aromatic carbocycles. The molecule has 0 atom stereocenters. The number of carbonyl (C=O) groups excluding carboxylic acids is 1. The van der Waals surface area contributed by atoms with Gasteiger partial charge in [0, 0.05) is 49.0 Å². The summed E-state index contributed by atoms with van der Waals surface area (Å²) in [5, 5.41) is 6.08. The topological polar surface area (TPSA) is 103 Å². The summed E-state index contributed by atoms with van der Waals surface area (Å²) in [6, 6.07) is 10.3. The fourth-order valence-electron chi connectivity index (χ4n) is 3.43. The van der Waals surface area contributed by atoms with Crippen molar-refractivity contribution in [2.75, 3.05) is 31.5 Å². The van der Waals surface area contributed by atoms with Gasteiger partial charge in [0.05, 0.1) is 16.8 Å². The van der Waals surface area contributed by atoms with Crippen molar-refractivity contribution >= 4 is 28.2 Å². The Kier molecular flexibility index (Phi) is 5.68. The zero-order valence-corrected chi connectivity index (χ0v) is 16.5. The first kappa shape index (κ1) is 20.5. The SMILES string of the molecule is N/C(=C\Nc1ccc(C(=O)N2CCNCC2)cc1)c1cc2c(F)c(F)ccc2[nH]c1=O. The van der Waals surface area contributed by atoms with Crippen LogP contribution in [-0.2, 0) is 0 Å². The largest absolute Gasteiger partial charge is 0.397 e. The minimum atomic E-state index is -1.06. The molecule has 1 aliphatic heterocycles. The first-order chi connectivity index (χ1) is 14.9. The first-order valence-corrected chi connectivity index (χ1v) is 9.77. The van der Waals surface area contributed by atoms with Crippen molar-refractivity contribution in [2.45, 2.75) is 0 Å². The molecular formula is C22H21F2N5O2. The third-order valence-electron chi connectivity index (χ3n) is 5.16. The number of aromatic amines is 1. The van der Waals surface area contributed by atoms with Crippen LogP contribution in [0.5, 0.6) is 0 Å². The third kappa shape index (κ3) is 4.26. The number of nitrogens with two attached hydrogens (primary N) is 1. The molecule has 9 heteroatoms. The van der Waals surface area contributed by atoms with Crippen LogP contribution in [0.3, 0.4) is 0 Å². The molecule has 5 N–H and O–H groups in total. The molecule has 1 aliphatic rings. The van der Waals surface area contributed by atoms with E-state index in [4.69, 9.17) is 5.73 Å². The summed E-state index contributed by atoms with van der Waals surface area (Å²) >= 11 is 0. The number of piperazine rings is 1. The molecule has 31 heavy (non-hydrogen) atoms. The van der Waals surface area contributed by atoms with E-state index in [0.717, 1.165) is 19.2 Å². The molecule has 0 unspecified atom stereocenters. The number of anilines is 1. The van der Waals surface area contributed by atoms with E-state index in [1.807, 2.05) is 0 Å². The number of benzene rings is 2. The van der Waals surface area contributed by atoms with Crippen molar-refractivity contribution in [2.24, 2.45) is 5.73 Å². The number of aromatic nitrogens is 1. The molecule has 1 amide bonds. The number of hydrogen-bond donors (Lipinski definition) is 4. The molecular weight excluding hydrogens is 404 g/mol. The van der Waals surface area contributed by atoms with E-state index in [9.17, 15) is 18.4 Å². The number of halogens is 2. The van der Waals surface area contributed by atoms with Gasteiger partial charge in [0.1, 0.15) is 0 Å². The fourth-order valence-corrected chi connectivity index (χ4v) is 3.43. The Morgan fingerprint density at radius 3 is 2.52 bits per heavy atom. The maximum atomic E-state index is 14.1. The van der Waals surface area contributed by atoms with Gasteiger partial charge in [-0.3, -0.25) is 9.59 Å². The molecule has 2 heterocycles. The van der Waals surface area contributed by atoms with E-state index < -0.39 is 17.2 Å². The third-order valence-corrected chi connectivity index (χ3v) is 5.16. The quantitative estimate of drug-likeness (QED) is 0.513. The van der Waals surface area contributed by atoms with Gasteiger partial charge in [-0.1, -0.05) is 0 Å². The normalized spacial score (nSPS) is 14.6. The first-order valence-electron chi connectivity index (χ1n) is 9.77. The number of rotatable bonds is 4. The van der Waals surface area contributed by atoms with Crippen LogP contribution >= 0.6 is 0 Å². The second-order valence-corrected chi connectivity index (χ2v) is 7.20. The molecule has 160 valence electrons. The van der Waals surface area contributed by atoms with Crippen LogP contribution in [0.25, 0.3) is 16.6 Å². The number of H-pyrrole nitrogens is 1. The lowest BCUT2D eigenvalue weighted by molar-refractivity contribution is 0.0736.